The highest BCUT2D eigenvalue weighted by atomic mass is 16.7. The maximum Gasteiger partial charge on any atom is 0.163 e. The van der Waals surface area contributed by atoms with Gasteiger partial charge in [-0.3, -0.25) is 0 Å². The third-order valence-corrected chi connectivity index (χ3v) is 2.04. The van der Waals surface area contributed by atoms with Crippen LogP contribution in [0.2, 0.25) is 0 Å². The third-order valence-electron chi connectivity index (χ3n) is 2.04. The first-order valence-corrected chi connectivity index (χ1v) is 4.35. The number of aliphatic hydroxyl groups is 1. The average molecular weight is 174 g/mol. The Kier molecular flexibility index (Phi) is 2.47. The molecule has 1 N–H and O–H groups in total. The molecule has 1 atom stereocenters. The summed E-state index contributed by atoms with van der Waals surface area (Å²) in [5, 5.41) is 9.69. The van der Waals surface area contributed by atoms with Crippen LogP contribution < -0.4 is 0 Å². The molecule has 1 heterocycles. The summed E-state index contributed by atoms with van der Waals surface area (Å²) in [6, 6.07) is 0. The second-order valence-corrected chi connectivity index (χ2v) is 4.30. The zero-order chi connectivity index (χ0) is 9.41. The highest BCUT2D eigenvalue weighted by Gasteiger charge is 2.37. The molecule has 12 heavy (non-hydrogen) atoms. The largest absolute Gasteiger partial charge is 0.388 e. The molecule has 1 rings (SSSR count). The Labute approximate surface area is 73.7 Å². The lowest BCUT2D eigenvalue weighted by Gasteiger charge is -2.40. The number of ether oxygens (including phenoxy) is 2. The molecule has 3 heteroatoms. The normalized spacial score (nSPS) is 30.2. The zero-order valence-corrected chi connectivity index (χ0v) is 8.26. The maximum atomic E-state index is 9.69. The van der Waals surface area contributed by atoms with Crippen molar-refractivity contribution in [1.29, 1.82) is 0 Å². The summed E-state index contributed by atoms with van der Waals surface area (Å²) in [5.41, 5.74) is -0.777. The van der Waals surface area contributed by atoms with E-state index in [2.05, 4.69) is 0 Å². The Morgan fingerprint density at radius 3 is 2.33 bits per heavy atom. The van der Waals surface area contributed by atoms with Gasteiger partial charge in [0.05, 0.1) is 18.3 Å². The van der Waals surface area contributed by atoms with Crippen molar-refractivity contribution in [3.8, 4) is 0 Å². The molecular formula is C9H18O3. The van der Waals surface area contributed by atoms with Crippen molar-refractivity contribution in [3.05, 3.63) is 0 Å². The van der Waals surface area contributed by atoms with Crippen LogP contribution >= 0.6 is 0 Å². The monoisotopic (exact) mass is 174 g/mol. The van der Waals surface area contributed by atoms with Gasteiger partial charge in [0.1, 0.15) is 0 Å². The van der Waals surface area contributed by atoms with Gasteiger partial charge in [0.15, 0.2) is 5.79 Å². The molecule has 0 spiro atoms. The summed E-state index contributed by atoms with van der Waals surface area (Å²) in [5.74, 6) is -0.553. The van der Waals surface area contributed by atoms with E-state index in [9.17, 15) is 5.11 Å². The zero-order valence-electron chi connectivity index (χ0n) is 8.26. The van der Waals surface area contributed by atoms with Gasteiger partial charge in [-0.05, 0) is 34.1 Å². The lowest BCUT2D eigenvalue weighted by atomic mass is 9.98. The van der Waals surface area contributed by atoms with Gasteiger partial charge in [0, 0.05) is 0 Å². The Morgan fingerprint density at radius 1 is 1.42 bits per heavy atom. The first-order valence-electron chi connectivity index (χ1n) is 4.35. The van der Waals surface area contributed by atoms with Crippen LogP contribution in [0.15, 0.2) is 0 Å². The standard InChI is InChI=1S/C9H18O3/c1-8(2,10)7-5-6-11-9(3,4)12-7/h7,10H,5-6H2,1-4H3. The second-order valence-electron chi connectivity index (χ2n) is 4.30. The highest BCUT2D eigenvalue weighted by Crippen LogP contribution is 2.27. The smallest absolute Gasteiger partial charge is 0.163 e. The summed E-state index contributed by atoms with van der Waals surface area (Å²) < 4.78 is 10.9. The molecule has 72 valence electrons. The van der Waals surface area contributed by atoms with E-state index in [1.165, 1.54) is 0 Å². The van der Waals surface area contributed by atoms with Crippen molar-refractivity contribution >= 4 is 0 Å². The summed E-state index contributed by atoms with van der Waals surface area (Å²) >= 11 is 0. The molecule has 0 bridgehead atoms. The topological polar surface area (TPSA) is 38.7 Å². The van der Waals surface area contributed by atoms with Crippen LogP contribution in [-0.4, -0.2) is 29.2 Å². The molecule has 1 aliphatic heterocycles. The molecule has 3 nitrogen and oxygen atoms in total. The maximum absolute atomic E-state index is 9.69. The molecule has 1 unspecified atom stereocenters. The van der Waals surface area contributed by atoms with Gasteiger partial charge in [0.2, 0.25) is 0 Å². The van der Waals surface area contributed by atoms with Crippen molar-refractivity contribution in [2.24, 2.45) is 0 Å². The fourth-order valence-corrected chi connectivity index (χ4v) is 1.34. The minimum absolute atomic E-state index is 0.124. The lowest BCUT2D eigenvalue weighted by Crippen LogP contribution is -2.49. The van der Waals surface area contributed by atoms with Crippen LogP contribution in [0.4, 0.5) is 0 Å². The molecule has 0 radical (unpaired) electrons. The van der Waals surface area contributed by atoms with E-state index in [1.54, 1.807) is 13.8 Å². The van der Waals surface area contributed by atoms with Gasteiger partial charge >= 0.3 is 0 Å². The fourth-order valence-electron chi connectivity index (χ4n) is 1.34. The summed E-state index contributed by atoms with van der Waals surface area (Å²) in [4.78, 5) is 0. The van der Waals surface area contributed by atoms with Crippen molar-refractivity contribution < 1.29 is 14.6 Å². The molecule has 0 aromatic heterocycles. The average Bonchev–Trinajstić information content (AvgIpc) is 1.83. The van der Waals surface area contributed by atoms with Crippen LogP contribution in [0.25, 0.3) is 0 Å². The van der Waals surface area contributed by atoms with E-state index in [0.717, 1.165) is 6.42 Å². The van der Waals surface area contributed by atoms with Crippen LogP contribution in [0.1, 0.15) is 34.1 Å². The third kappa shape index (κ3) is 2.44. The van der Waals surface area contributed by atoms with Crippen molar-refractivity contribution in [2.75, 3.05) is 6.61 Å². The molecule has 1 aliphatic rings. The van der Waals surface area contributed by atoms with E-state index in [-0.39, 0.29) is 6.10 Å². The number of hydrogen-bond acceptors (Lipinski definition) is 3. The van der Waals surface area contributed by atoms with Gasteiger partial charge in [0.25, 0.3) is 0 Å². The van der Waals surface area contributed by atoms with Crippen molar-refractivity contribution in [3.63, 3.8) is 0 Å². The predicted octanol–water partition coefficient (Wildman–Crippen LogP) is 1.30. The van der Waals surface area contributed by atoms with Crippen LogP contribution in [0.5, 0.6) is 0 Å². The van der Waals surface area contributed by atoms with E-state index in [4.69, 9.17) is 9.47 Å². The van der Waals surface area contributed by atoms with Gasteiger partial charge in [-0.1, -0.05) is 0 Å². The first-order chi connectivity index (χ1) is 5.31. The second kappa shape index (κ2) is 2.98. The van der Waals surface area contributed by atoms with Crippen molar-refractivity contribution in [2.45, 2.75) is 51.6 Å². The molecule has 1 fully saturated rings. The molecule has 0 aromatic carbocycles. The molecule has 0 aromatic rings. The SMILES string of the molecule is CC1(C)OCCC(C(C)(C)O)O1. The van der Waals surface area contributed by atoms with Crippen molar-refractivity contribution in [1.82, 2.24) is 0 Å². The predicted molar refractivity (Wildman–Crippen MR) is 45.8 cm³/mol. The lowest BCUT2D eigenvalue weighted by molar-refractivity contribution is -0.299. The molecular weight excluding hydrogens is 156 g/mol. The summed E-state index contributed by atoms with van der Waals surface area (Å²) in [6.07, 6.45) is 0.633. The minimum atomic E-state index is -0.777. The van der Waals surface area contributed by atoms with Gasteiger partial charge in [-0.25, -0.2) is 0 Å². The van der Waals surface area contributed by atoms with E-state index in [0.29, 0.717) is 6.61 Å². The van der Waals surface area contributed by atoms with E-state index >= 15 is 0 Å². The van der Waals surface area contributed by atoms with Crippen LogP contribution in [0.3, 0.4) is 0 Å². The quantitative estimate of drug-likeness (QED) is 0.651. The Morgan fingerprint density at radius 2 is 2.00 bits per heavy atom. The van der Waals surface area contributed by atoms with E-state index in [1.807, 2.05) is 13.8 Å². The molecule has 0 amide bonds. The number of rotatable bonds is 1. The Bertz CT molecular complexity index is 154. The summed E-state index contributed by atoms with van der Waals surface area (Å²) in [7, 11) is 0. The van der Waals surface area contributed by atoms with E-state index < -0.39 is 11.4 Å². The Hall–Kier alpha value is -0.120. The fraction of sp³-hybridized carbons (Fsp3) is 1.00. The number of hydrogen-bond donors (Lipinski definition) is 1. The summed E-state index contributed by atoms with van der Waals surface area (Å²) in [6.45, 7) is 7.91. The molecule has 0 saturated carbocycles. The van der Waals surface area contributed by atoms with Gasteiger partial charge in [-0.2, -0.15) is 0 Å². The minimum Gasteiger partial charge on any atom is -0.388 e. The first kappa shape index (κ1) is 9.96. The Balaban J connectivity index is 2.58. The van der Waals surface area contributed by atoms with Crippen LogP contribution in [-0.2, 0) is 9.47 Å². The van der Waals surface area contributed by atoms with Crippen LogP contribution in [0, 0.1) is 0 Å². The molecule has 1 saturated heterocycles. The van der Waals surface area contributed by atoms with Gasteiger partial charge < -0.3 is 14.6 Å². The molecule has 0 aliphatic carbocycles. The van der Waals surface area contributed by atoms with Gasteiger partial charge in [-0.15, -0.1) is 0 Å². The highest BCUT2D eigenvalue weighted by molar-refractivity contribution is 4.82.